The van der Waals surface area contributed by atoms with E-state index < -0.39 is 0 Å². The second kappa shape index (κ2) is 11.4. The zero-order valence-corrected chi connectivity index (χ0v) is 27.2. The van der Waals surface area contributed by atoms with Gasteiger partial charge in [-0.25, -0.2) is 4.99 Å². The first kappa shape index (κ1) is 29.0. The molecular formula is C45H38N2. The molecule has 0 aliphatic heterocycles. The number of benzene rings is 5. The van der Waals surface area contributed by atoms with Gasteiger partial charge >= 0.3 is 0 Å². The SMILES string of the molecule is C=C(/C=C\N=C(C)n1c2c(c3ccccc31)C=C1c3ccccc3C(C)(C)C1C2)c1cccc(-c2ccc(-c3ccccc3)cc2)c1. The van der Waals surface area contributed by atoms with E-state index in [4.69, 9.17) is 4.99 Å². The van der Waals surface area contributed by atoms with Gasteiger partial charge in [-0.2, -0.15) is 0 Å². The van der Waals surface area contributed by atoms with Crippen molar-refractivity contribution in [3.63, 3.8) is 0 Å². The summed E-state index contributed by atoms with van der Waals surface area (Å²) in [6, 6.07) is 45.6. The zero-order chi connectivity index (χ0) is 32.1. The summed E-state index contributed by atoms with van der Waals surface area (Å²) >= 11 is 0. The molecule has 5 aromatic carbocycles. The van der Waals surface area contributed by atoms with E-state index >= 15 is 0 Å². The molecule has 47 heavy (non-hydrogen) atoms. The Labute approximate surface area is 277 Å². The average Bonchev–Trinajstić information content (AvgIpc) is 3.56. The molecule has 228 valence electrons. The molecule has 0 bridgehead atoms. The molecule has 2 nitrogen and oxygen atoms in total. The van der Waals surface area contributed by atoms with Gasteiger partial charge in [-0.1, -0.05) is 136 Å². The molecule has 2 aliphatic carbocycles. The Kier molecular flexibility index (Phi) is 7.03. The summed E-state index contributed by atoms with van der Waals surface area (Å²) in [4.78, 5) is 4.99. The van der Waals surface area contributed by atoms with Gasteiger partial charge in [0.25, 0.3) is 0 Å². The third-order valence-corrected chi connectivity index (χ3v) is 10.3. The summed E-state index contributed by atoms with van der Waals surface area (Å²) in [5.74, 6) is 1.39. The quantitative estimate of drug-likeness (QED) is 0.106. The highest BCUT2D eigenvalue weighted by Gasteiger charge is 2.45. The van der Waals surface area contributed by atoms with Gasteiger partial charge in [0.15, 0.2) is 0 Å². The van der Waals surface area contributed by atoms with Gasteiger partial charge in [0.05, 0.1) is 5.52 Å². The maximum Gasteiger partial charge on any atom is 0.110 e. The van der Waals surface area contributed by atoms with Gasteiger partial charge in [-0.05, 0) is 99.1 Å². The van der Waals surface area contributed by atoms with Crippen LogP contribution in [-0.4, -0.2) is 10.4 Å². The van der Waals surface area contributed by atoms with Crippen molar-refractivity contribution in [1.82, 2.24) is 4.57 Å². The van der Waals surface area contributed by atoms with E-state index in [0.29, 0.717) is 5.92 Å². The van der Waals surface area contributed by atoms with Gasteiger partial charge in [0.1, 0.15) is 5.84 Å². The van der Waals surface area contributed by atoms with Crippen LogP contribution < -0.4 is 0 Å². The van der Waals surface area contributed by atoms with E-state index in [1.165, 1.54) is 61.1 Å². The largest absolute Gasteiger partial charge is 0.301 e. The van der Waals surface area contributed by atoms with Crippen LogP contribution in [0, 0.1) is 5.92 Å². The standard InChI is InChI=1S/C45H38N2/c1-30(35-15-12-16-36(27-35)34-23-21-33(22-24-34)32-13-6-5-7-14-32)25-26-46-31(2)47-43-20-11-9-18-38(43)40-28-39-37-17-8-10-19-41(37)45(3,4)42(39)29-44(40)47/h5-28,42H,1,29H2,2-4H3/b26-25-,46-31?. The molecule has 2 heteroatoms. The van der Waals surface area contributed by atoms with Crippen molar-refractivity contribution < 1.29 is 0 Å². The summed E-state index contributed by atoms with van der Waals surface area (Å²) in [5, 5.41) is 1.28. The Balaban J connectivity index is 1.08. The van der Waals surface area contributed by atoms with E-state index in [-0.39, 0.29) is 5.41 Å². The normalized spacial score (nSPS) is 16.5. The monoisotopic (exact) mass is 606 g/mol. The summed E-state index contributed by atoms with van der Waals surface area (Å²) in [6.45, 7) is 11.3. The molecule has 2 aliphatic rings. The maximum atomic E-state index is 4.99. The zero-order valence-electron chi connectivity index (χ0n) is 27.2. The number of fused-ring (bicyclic) bond motifs is 6. The maximum absolute atomic E-state index is 4.99. The Morgan fingerprint density at radius 1 is 0.766 bits per heavy atom. The topological polar surface area (TPSA) is 17.3 Å². The van der Waals surface area contributed by atoms with Crippen LogP contribution in [0.15, 0.2) is 151 Å². The number of hydrogen-bond acceptors (Lipinski definition) is 1. The molecular weight excluding hydrogens is 569 g/mol. The van der Waals surface area contributed by atoms with Crippen LogP contribution in [0.2, 0.25) is 0 Å². The first-order valence-corrected chi connectivity index (χ1v) is 16.5. The Hall–Kier alpha value is -5.47. The fourth-order valence-corrected chi connectivity index (χ4v) is 7.78. The van der Waals surface area contributed by atoms with Crippen LogP contribution in [0.1, 0.15) is 48.7 Å². The minimum atomic E-state index is 0.0720. The molecule has 0 spiro atoms. The molecule has 0 saturated heterocycles. The highest BCUT2D eigenvalue weighted by atomic mass is 15.1. The molecule has 0 fully saturated rings. The van der Waals surface area contributed by atoms with Crippen molar-refractivity contribution in [2.45, 2.75) is 32.6 Å². The Morgan fingerprint density at radius 2 is 1.43 bits per heavy atom. The fraction of sp³-hybridized carbons (Fsp3) is 0.133. The van der Waals surface area contributed by atoms with E-state index in [2.05, 4.69) is 165 Å². The minimum Gasteiger partial charge on any atom is -0.301 e. The second-order valence-corrected chi connectivity index (χ2v) is 13.4. The minimum absolute atomic E-state index is 0.0720. The lowest BCUT2D eigenvalue weighted by Gasteiger charge is -2.31. The number of allylic oxidation sites excluding steroid dienone is 3. The summed E-state index contributed by atoms with van der Waals surface area (Å²) < 4.78 is 2.38. The van der Waals surface area contributed by atoms with E-state index in [9.17, 15) is 0 Å². The van der Waals surface area contributed by atoms with Crippen LogP contribution in [0.4, 0.5) is 0 Å². The summed E-state index contributed by atoms with van der Waals surface area (Å²) in [6.07, 6.45) is 7.37. The van der Waals surface area contributed by atoms with Crippen LogP contribution in [-0.2, 0) is 11.8 Å². The second-order valence-electron chi connectivity index (χ2n) is 13.4. The number of rotatable bonds is 5. The van der Waals surface area contributed by atoms with Crippen LogP contribution >= 0.6 is 0 Å². The molecule has 8 rings (SSSR count). The molecule has 1 unspecified atom stereocenters. The smallest absolute Gasteiger partial charge is 0.110 e. The molecule has 1 heterocycles. The summed E-state index contributed by atoms with van der Waals surface area (Å²) in [5.41, 5.74) is 15.1. The van der Waals surface area contributed by atoms with Crippen molar-refractivity contribution in [3.8, 4) is 22.3 Å². The lowest BCUT2D eigenvalue weighted by atomic mass is 9.73. The molecule has 1 atom stereocenters. The average molecular weight is 607 g/mol. The number of aliphatic imine (C=N–C) groups is 1. The molecule has 6 aromatic rings. The molecule has 1 aromatic heterocycles. The number of hydrogen-bond donors (Lipinski definition) is 0. The number of aromatic nitrogens is 1. The van der Waals surface area contributed by atoms with Gasteiger partial charge in [-0.15, -0.1) is 0 Å². The Morgan fingerprint density at radius 3 is 2.23 bits per heavy atom. The fourth-order valence-electron chi connectivity index (χ4n) is 7.78. The van der Waals surface area contributed by atoms with Crippen LogP contribution in [0.3, 0.4) is 0 Å². The molecule has 0 N–H and O–H groups in total. The van der Waals surface area contributed by atoms with Gasteiger partial charge in [0, 0.05) is 22.8 Å². The first-order chi connectivity index (χ1) is 22.9. The molecule has 0 amide bonds. The predicted molar refractivity (Wildman–Crippen MR) is 200 cm³/mol. The molecule has 0 saturated carbocycles. The predicted octanol–water partition coefficient (Wildman–Crippen LogP) is 11.5. The van der Waals surface area contributed by atoms with Gasteiger partial charge in [0.2, 0.25) is 0 Å². The van der Waals surface area contributed by atoms with Gasteiger partial charge < -0.3 is 4.57 Å². The van der Waals surface area contributed by atoms with Crippen LogP contribution in [0.5, 0.6) is 0 Å². The Bertz CT molecular complexity index is 2260. The van der Waals surface area contributed by atoms with E-state index in [1.807, 2.05) is 12.3 Å². The lowest BCUT2D eigenvalue weighted by molar-refractivity contribution is 0.406. The lowest BCUT2D eigenvalue weighted by Crippen LogP contribution is -2.28. The number of para-hydroxylation sites is 1. The van der Waals surface area contributed by atoms with Gasteiger partial charge in [-0.3, -0.25) is 0 Å². The van der Waals surface area contributed by atoms with E-state index in [1.54, 1.807) is 0 Å². The third kappa shape index (κ3) is 4.93. The van der Waals surface area contributed by atoms with Crippen molar-refractivity contribution in [2.75, 3.05) is 0 Å². The highest BCUT2D eigenvalue weighted by Crippen LogP contribution is 2.54. The van der Waals surface area contributed by atoms with Crippen molar-refractivity contribution in [3.05, 3.63) is 174 Å². The van der Waals surface area contributed by atoms with Crippen molar-refractivity contribution in [2.24, 2.45) is 10.9 Å². The summed E-state index contributed by atoms with van der Waals surface area (Å²) in [7, 11) is 0. The van der Waals surface area contributed by atoms with Crippen molar-refractivity contribution in [1.29, 1.82) is 0 Å². The molecule has 0 radical (unpaired) electrons. The first-order valence-electron chi connectivity index (χ1n) is 16.5. The number of nitrogens with zero attached hydrogens (tertiary/aromatic N) is 2. The van der Waals surface area contributed by atoms with Crippen LogP contribution in [0.25, 0.3) is 50.4 Å². The van der Waals surface area contributed by atoms with E-state index in [0.717, 1.165) is 23.4 Å². The third-order valence-electron chi connectivity index (χ3n) is 10.3. The highest BCUT2D eigenvalue weighted by molar-refractivity contribution is 6.05. The van der Waals surface area contributed by atoms with Crippen molar-refractivity contribution >= 4 is 34.0 Å².